The summed E-state index contributed by atoms with van der Waals surface area (Å²) in [6, 6.07) is 3.35. The molecule has 0 radical (unpaired) electrons. The van der Waals surface area contributed by atoms with Crippen LogP contribution >= 0.6 is 11.6 Å². The maximum Gasteiger partial charge on any atom is 0.339 e. The topological polar surface area (TPSA) is 78.4 Å². The molecule has 1 aromatic rings. The number of anilines is 1. The Morgan fingerprint density at radius 2 is 2.17 bits per heavy atom. The Kier molecular flexibility index (Phi) is 4.58. The van der Waals surface area contributed by atoms with Gasteiger partial charge in [-0.2, -0.15) is 0 Å². The van der Waals surface area contributed by atoms with E-state index in [2.05, 4.69) is 16.6 Å². The first-order valence-corrected chi connectivity index (χ1v) is 5.39. The lowest BCUT2D eigenvalue weighted by Crippen LogP contribution is -2.35. The molecule has 1 rings (SSSR count). The Morgan fingerprint density at radius 3 is 2.72 bits per heavy atom. The first-order valence-electron chi connectivity index (χ1n) is 5.01. The first kappa shape index (κ1) is 13.9. The highest BCUT2D eigenvalue weighted by Gasteiger charge is 2.16. The van der Waals surface area contributed by atoms with Crippen LogP contribution in [-0.2, 0) is 0 Å². The van der Waals surface area contributed by atoms with Gasteiger partial charge in [-0.15, -0.1) is 6.42 Å². The van der Waals surface area contributed by atoms with E-state index in [-0.39, 0.29) is 16.3 Å². The highest BCUT2D eigenvalue weighted by atomic mass is 35.5. The van der Waals surface area contributed by atoms with Gasteiger partial charge in [0.05, 0.1) is 16.8 Å². The van der Waals surface area contributed by atoms with Crippen molar-refractivity contribution in [2.75, 3.05) is 5.32 Å². The lowest BCUT2D eigenvalue weighted by molar-refractivity contribution is 0.0698. The van der Waals surface area contributed by atoms with Crippen LogP contribution in [0.2, 0.25) is 5.02 Å². The monoisotopic (exact) mass is 266 g/mol. The summed E-state index contributed by atoms with van der Waals surface area (Å²) in [5.41, 5.74) is -0.0561. The number of hydrogen-bond acceptors (Lipinski definition) is 2. The normalized spacial score (nSPS) is 11.2. The van der Waals surface area contributed by atoms with E-state index < -0.39 is 18.0 Å². The summed E-state index contributed by atoms with van der Waals surface area (Å²) in [4.78, 5) is 22.5. The number of hydrogen-bond donors (Lipinski definition) is 3. The van der Waals surface area contributed by atoms with Gasteiger partial charge in [0, 0.05) is 0 Å². The van der Waals surface area contributed by atoms with Gasteiger partial charge in [-0.3, -0.25) is 0 Å². The van der Waals surface area contributed by atoms with E-state index in [1.807, 2.05) is 0 Å². The van der Waals surface area contributed by atoms with Crippen molar-refractivity contribution < 1.29 is 14.7 Å². The molecule has 1 aromatic carbocycles. The molecule has 0 saturated heterocycles. The molecule has 0 aromatic heterocycles. The Balaban J connectivity index is 2.92. The highest BCUT2D eigenvalue weighted by molar-refractivity contribution is 6.34. The average molecular weight is 267 g/mol. The number of aromatic carboxylic acids is 1. The van der Waals surface area contributed by atoms with E-state index in [1.165, 1.54) is 18.2 Å². The quantitative estimate of drug-likeness (QED) is 0.734. The molecular formula is C12H11ClN2O3. The summed E-state index contributed by atoms with van der Waals surface area (Å²) < 4.78 is 0. The Labute approximate surface area is 109 Å². The van der Waals surface area contributed by atoms with E-state index in [9.17, 15) is 9.59 Å². The number of carbonyl (C=O) groups excluding carboxylic acids is 1. The van der Waals surface area contributed by atoms with Crippen LogP contribution in [0.5, 0.6) is 0 Å². The summed E-state index contributed by atoms with van der Waals surface area (Å²) >= 11 is 5.76. The van der Waals surface area contributed by atoms with E-state index in [4.69, 9.17) is 23.1 Å². The molecule has 0 saturated carbocycles. The fourth-order valence-electron chi connectivity index (χ4n) is 1.24. The van der Waals surface area contributed by atoms with Crippen molar-refractivity contribution in [3.63, 3.8) is 0 Å². The predicted octanol–water partition coefficient (Wildman–Crippen LogP) is 2.18. The number of carboxylic acids is 1. The number of amides is 2. The SMILES string of the molecule is C#CC(C)NC(=O)Nc1cccc(Cl)c1C(=O)O. The van der Waals surface area contributed by atoms with Crippen molar-refractivity contribution in [1.82, 2.24) is 5.32 Å². The van der Waals surface area contributed by atoms with Gasteiger partial charge in [0.2, 0.25) is 0 Å². The van der Waals surface area contributed by atoms with Crippen molar-refractivity contribution in [1.29, 1.82) is 0 Å². The van der Waals surface area contributed by atoms with Gasteiger partial charge in [0.25, 0.3) is 0 Å². The van der Waals surface area contributed by atoms with Crippen molar-refractivity contribution in [2.45, 2.75) is 13.0 Å². The lowest BCUT2D eigenvalue weighted by Gasteiger charge is -2.12. The summed E-state index contributed by atoms with van der Waals surface area (Å²) in [6.07, 6.45) is 5.11. The second-order valence-corrected chi connectivity index (χ2v) is 3.86. The molecule has 0 aliphatic heterocycles. The Hall–Kier alpha value is -2.19. The largest absolute Gasteiger partial charge is 0.478 e. The maximum atomic E-state index is 11.5. The maximum absolute atomic E-state index is 11.5. The molecule has 0 aliphatic rings. The van der Waals surface area contributed by atoms with Gasteiger partial charge in [0.15, 0.2) is 0 Å². The van der Waals surface area contributed by atoms with Crippen LogP contribution in [0.4, 0.5) is 10.5 Å². The van der Waals surface area contributed by atoms with Crippen LogP contribution in [-0.4, -0.2) is 23.1 Å². The second kappa shape index (κ2) is 5.94. The zero-order valence-electron chi connectivity index (χ0n) is 9.53. The van der Waals surface area contributed by atoms with Gasteiger partial charge in [0.1, 0.15) is 5.56 Å². The molecule has 0 fully saturated rings. The van der Waals surface area contributed by atoms with Gasteiger partial charge < -0.3 is 15.7 Å². The standard InChI is InChI=1S/C12H11ClN2O3/c1-3-7(2)14-12(18)15-9-6-4-5-8(13)10(9)11(16)17/h1,4-7H,2H3,(H,16,17)(H2,14,15,18). The van der Waals surface area contributed by atoms with Crippen LogP contribution in [0.15, 0.2) is 18.2 Å². The summed E-state index contributed by atoms with van der Waals surface area (Å²) in [7, 11) is 0. The van der Waals surface area contributed by atoms with Crippen LogP contribution in [0, 0.1) is 12.3 Å². The summed E-state index contributed by atoms with van der Waals surface area (Å²) in [5, 5.41) is 13.9. The van der Waals surface area contributed by atoms with E-state index in [1.54, 1.807) is 6.92 Å². The third-order valence-corrected chi connectivity index (χ3v) is 2.39. The van der Waals surface area contributed by atoms with Gasteiger partial charge in [-0.1, -0.05) is 23.6 Å². The molecule has 0 aliphatic carbocycles. The second-order valence-electron chi connectivity index (χ2n) is 3.45. The number of urea groups is 1. The number of rotatable bonds is 3. The molecule has 0 spiro atoms. The molecule has 1 unspecified atom stereocenters. The molecular weight excluding hydrogens is 256 g/mol. The summed E-state index contributed by atoms with van der Waals surface area (Å²) in [5.74, 6) is 1.09. The Bertz CT molecular complexity index is 523. The summed E-state index contributed by atoms with van der Waals surface area (Å²) in [6.45, 7) is 1.62. The highest BCUT2D eigenvalue weighted by Crippen LogP contribution is 2.24. The molecule has 1 atom stereocenters. The smallest absolute Gasteiger partial charge is 0.339 e. The minimum atomic E-state index is -1.22. The average Bonchev–Trinajstić information content (AvgIpc) is 2.28. The van der Waals surface area contributed by atoms with Gasteiger partial charge >= 0.3 is 12.0 Å². The molecule has 18 heavy (non-hydrogen) atoms. The fraction of sp³-hybridized carbons (Fsp3) is 0.167. The zero-order chi connectivity index (χ0) is 13.7. The number of nitrogens with one attached hydrogen (secondary N) is 2. The van der Waals surface area contributed by atoms with Crippen molar-refractivity contribution >= 4 is 29.3 Å². The van der Waals surface area contributed by atoms with Gasteiger partial charge in [-0.05, 0) is 19.1 Å². The number of carboxylic acid groups (broad SMARTS) is 1. The molecule has 0 bridgehead atoms. The van der Waals surface area contributed by atoms with Crippen LogP contribution in [0.1, 0.15) is 17.3 Å². The minimum absolute atomic E-state index is 0.0466. The molecule has 3 N–H and O–H groups in total. The Morgan fingerprint density at radius 1 is 1.50 bits per heavy atom. The van der Waals surface area contributed by atoms with Crippen LogP contribution in [0.3, 0.4) is 0 Å². The lowest BCUT2D eigenvalue weighted by atomic mass is 10.2. The minimum Gasteiger partial charge on any atom is -0.478 e. The van der Waals surface area contributed by atoms with Crippen LogP contribution in [0.25, 0.3) is 0 Å². The first-order chi connectivity index (χ1) is 8.45. The molecule has 6 heteroatoms. The number of terminal acetylenes is 1. The fourth-order valence-corrected chi connectivity index (χ4v) is 1.50. The van der Waals surface area contributed by atoms with E-state index >= 15 is 0 Å². The van der Waals surface area contributed by atoms with Gasteiger partial charge in [-0.25, -0.2) is 9.59 Å². The third-order valence-electron chi connectivity index (χ3n) is 2.07. The number of benzene rings is 1. The van der Waals surface area contributed by atoms with E-state index in [0.717, 1.165) is 0 Å². The number of carbonyl (C=O) groups is 2. The van der Waals surface area contributed by atoms with E-state index in [0.29, 0.717) is 0 Å². The molecule has 94 valence electrons. The van der Waals surface area contributed by atoms with Crippen molar-refractivity contribution in [3.8, 4) is 12.3 Å². The molecule has 2 amide bonds. The van der Waals surface area contributed by atoms with Crippen LogP contribution < -0.4 is 10.6 Å². The third kappa shape index (κ3) is 3.40. The number of halogens is 1. The predicted molar refractivity (Wildman–Crippen MR) is 68.9 cm³/mol. The molecule has 0 heterocycles. The zero-order valence-corrected chi connectivity index (χ0v) is 10.3. The van der Waals surface area contributed by atoms with Crippen molar-refractivity contribution in [3.05, 3.63) is 28.8 Å². The van der Waals surface area contributed by atoms with Crippen molar-refractivity contribution in [2.24, 2.45) is 0 Å². The molecule has 5 nitrogen and oxygen atoms in total.